The van der Waals surface area contributed by atoms with Crippen LogP contribution < -0.4 is 5.32 Å². The molecule has 1 heterocycles. The van der Waals surface area contributed by atoms with Crippen molar-refractivity contribution < 1.29 is 9.84 Å². The van der Waals surface area contributed by atoms with E-state index in [-0.39, 0.29) is 12.1 Å². The second-order valence-corrected chi connectivity index (χ2v) is 4.27. The van der Waals surface area contributed by atoms with Crippen LogP contribution in [0.25, 0.3) is 0 Å². The van der Waals surface area contributed by atoms with Crippen LogP contribution in [0.4, 0.5) is 0 Å². The molecular weight excluding hydrogens is 190 g/mol. The van der Waals surface area contributed by atoms with Crippen molar-refractivity contribution in [3.8, 4) is 0 Å². The number of aliphatic hydroxyl groups excluding tert-OH is 1. The fraction of sp³-hybridized carbons (Fsp3) is 0.500. The van der Waals surface area contributed by atoms with E-state index in [4.69, 9.17) is 4.74 Å². The van der Waals surface area contributed by atoms with Crippen LogP contribution in [-0.2, 0) is 11.3 Å². The van der Waals surface area contributed by atoms with Gasteiger partial charge in [0.25, 0.3) is 0 Å². The molecule has 15 heavy (non-hydrogen) atoms. The highest BCUT2D eigenvalue weighted by Crippen LogP contribution is 2.16. The Balaban J connectivity index is 1.90. The second kappa shape index (κ2) is 4.31. The third-order valence-corrected chi connectivity index (χ3v) is 2.85. The van der Waals surface area contributed by atoms with Gasteiger partial charge in [-0.2, -0.15) is 0 Å². The van der Waals surface area contributed by atoms with Crippen molar-refractivity contribution in [3.63, 3.8) is 0 Å². The smallest absolute Gasteiger partial charge is 0.0889 e. The Hall–Kier alpha value is -0.900. The minimum Gasteiger partial charge on any atom is -0.394 e. The van der Waals surface area contributed by atoms with Gasteiger partial charge < -0.3 is 15.2 Å². The van der Waals surface area contributed by atoms with Gasteiger partial charge in [-0.05, 0) is 12.5 Å². The minimum absolute atomic E-state index is 0.138. The Bertz CT molecular complexity index is 311. The van der Waals surface area contributed by atoms with E-state index in [0.717, 1.165) is 6.54 Å². The van der Waals surface area contributed by atoms with E-state index in [0.29, 0.717) is 13.2 Å². The third kappa shape index (κ3) is 2.37. The lowest BCUT2D eigenvalue weighted by Gasteiger charge is -2.40. The lowest BCUT2D eigenvalue weighted by molar-refractivity contribution is -0.0981. The van der Waals surface area contributed by atoms with Gasteiger partial charge >= 0.3 is 0 Å². The zero-order valence-corrected chi connectivity index (χ0v) is 8.99. The summed E-state index contributed by atoms with van der Waals surface area (Å²) in [7, 11) is 0. The molecule has 1 aromatic rings. The molecule has 1 saturated heterocycles. The zero-order chi connectivity index (χ0) is 10.7. The molecule has 2 N–H and O–H groups in total. The number of hydrogen-bond acceptors (Lipinski definition) is 3. The molecule has 1 fully saturated rings. The maximum Gasteiger partial charge on any atom is 0.0889 e. The third-order valence-electron chi connectivity index (χ3n) is 2.85. The Morgan fingerprint density at radius 2 is 2.00 bits per heavy atom. The normalized spacial score (nSPS) is 18.5. The fourth-order valence-corrected chi connectivity index (χ4v) is 1.59. The number of benzene rings is 1. The highest BCUT2D eigenvalue weighted by Gasteiger charge is 2.37. The van der Waals surface area contributed by atoms with Crippen LogP contribution in [0.15, 0.2) is 24.3 Å². The Morgan fingerprint density at radius 3 is 2.47 bits per heavy atom. The molecule has 0 amide bonds. The molecule has 0 unspecified atom stereocenters. The van der Waals surface area contributed by atoms with Crippen LogP contribution in [-0.4, -0.2) is 30.5 Å². The van der Waals surface area contributed by atoms with E-state index in [1.165, 1.54) is 11.1 Å². The summed E-state index contributed by atoms with van der Waals surface area (Å²) in [5.74, 6) is 0. The lowest BCUT2D eigenvalue weighted by Crippen LogP contribution is -2.62. The molecule has 3 heteroatoms. The average Bonchev–Trinajstić information content (AvgIpc) is 2.20. The molecule has 0 radical (unpaired) electrons. The van der Waals surface area contributed by atoms with E-state index in [1.54, 1.807) is 0 Å². The van der Waals surface area contributed by atoms with Crippen LogP contribution in [0.3, 0.4) is 0 Å². The molecule has 0 atom stereocenters. The molecule has 3 nitrogen and oxygen atoms in total. The molecule has 0 bridgehead atoms. The molecule has 0 saturated carbocycles. The summed E-state index contributed by atoms with van der Waals surface area (Å²) >= 11 is 0. The van der Waals surface area contributed by atoms with E-state index in [2.05, 4.69) is 36.5 Å². The largest absolute Gasteiger partial charge is 0.394 e. The molecule has 2 rings (SSSR count). The Kier molecular flexibility index (Phi) is 3.05. The molecule has 0 aromatic heterocycles. The number of hydrogen-bond donors (Lipinski definition) is 2. The first-order chi connectivity index (χ1) is 7.24. The van der Waals surface area contributed by atoms with Gasteiger partial charge in [-0.1, -0.05) is 29.8 Å². The summed E-state index contributed by atoms with van der Waals surface area (Å²) in [6.07, 6.45) is 0. The van der Waals surface area contributed by atoms with E-state index >= 15 is 0 Å². The quantitative estimate of drug-likeness (QED) is 0.769. The number of rotatable bonds is 4. The topological polar surface area (TPSA) is 41.5 Å². The first kappa shape index (κ1) is 10.6. The highest BCUT2D eigenvalue weighted by atomic mass is 16.5. The monoisotopic (exact) mass is 207 g/mol. The van der Waals surface area contributed by atoms with Crippen LogP contribution in [0.5, 0.6) is 0 Å². The predicted molar refractivity (Wildman–Crippen MR) is 58.7 cm³/mol. The van der Waals surface area contributed by atoms with Gasteiger partial charge in [0, 0.05) is 6.54 Å². The number of aliphatic hydroxyl groups is 1. The SMILES string of the molecule is Cc1ccc(CNC2(CO)COC2)cc1. The van der Waals surface area contributed by atoms with Crippen LogP contribution >= 0.6 is 0 Å². The maximum absolute atomic E-state index is 9.22. The van der Waals surface area contributed by atoms with Crippen molar-refractivity contribution >= 4 is 0 Å². The molecule has 1 aliphatic rings. The summed E-state index contributed by atoms with van der Waals surface area (Å²) < 4.78 is 5.11. The van der Waals surface area contributed by atoms with Gasteiger partial charge in [-0.25, -0.2) is 0 Å². The summed E-state index contributed by atoms with van der Waals surface area (Å²) in [5, 5.41) is 12.6. The molecule has 1 aromatic carbocycles. The van der Waals surface area contributed by atoms with E-state index in [1.807, 2.05) is 0 Å². The molecule has 82 valence electrons. The van der Waals surface area contributed by atoms with Gasteiger partial charge in [0.2, 0.25) is 0 Å². The Morgan fingerprint density at radius 1 is 1.33 bits per heavy atom. The summed E-state index contributed by atoms with van der Waals surface area (Å²) in [6.45, 7) is 4.21. The highest BCUT2D eigenvalue weighted by molar-refractivity contribution is 5.21. The van der Waals surface area contributed by atoms with Gasteiger partial charge in [-0.15, -0.1) is 0 Å². The van der Waals surface area contributed by atoms with Crippen LogP contribution in [0.2, 0.25) is 0 Å². The fourth-order valence-electron chi connectivity index (χ4n) is 1.59. The van der Waals surface area contributed by atoms with Crippen molar-refractivity contribution in [3.05, 3.63) is 35.4 Å². The van der Waals surface area contributed by atoms with Gasteiger partial charge in [-0.3, -0.25) is 0 Å². The van der Waals surface area contributed by atoms with Crippen molar-refractivity contribution in [2.24, 2.45) is 0 Å². The number of nitrogens with one attached hydrogen (secondary N) is 1. The maximum atomic E-state index is 9.22. The molecule has 0 spiro atoms. The summed E-state index contributed by atoms with van der Waals surface area (Å²) in [4.78, 5) is 0. The lowest BCUT2D eigenvalue weighted by atomic mass is 9.98. The molecule has 0 aliphatic carbocycles. The Labute approximate surface area is 90.1 Å². The standard InChI is InChI=1S/C12H17NO2/c1-10-2-4-11(5-3-10)6-13-12(7-14)8-15-9-12/h2-5,13-14H,6-9H2,1H3. The van der Waals surface area contributed by atoms with Crippen molar-refractivity contribution in [2.75, 3.05) is 19.8 Å². The summed E-state index contributed by atoms with van der Waals surface area (Å²) in [5.41, 5.74) is 2.30. The van der Waals surface area contributed by atoms with E-state index < -0.39 is 0 Å². The van der Waals surface area contributed by atoms with Crippen LogP contribution in [0, 0.1) is 6.92 Å². The van der Waals surface area contributed by atoms with Gasteiger partial charge in [0.05, 0.1) is 25.4 Å². The van der Waals surface area contributed by atoms with Crippen molar-refractivity contribution in [2.45, 2.75) is 19.0 Å². The second-order valence-electron chi connectivity index (χ2n) is 4.27. The minimum atomic E-state index is -0.203. The average molecular weight is 207 g/mol. The first-order valence-electron chi connectivity index (χ1n) is 5.23. The van der Waals surface area contributed by atoms with Gasteiger partial charge in [0.15, 0.2) is 0 Å². The summed E-state index contributed by atoms with van der Waals surface area (Å²) in [6, 6.07) is 8.40. The first-order valence-corrected chi connectivity index (χ1v) is 5.23. The van der Waals surface area contributed by atoms with Crippen molar-refractivity contribution in [1.29, 1.82) is 0 Å². The van der Waals surface area contributed by atoms with Gasteiger partial charge in [0.1, 0.15) is 0 Å². The van der Waals surface area contributed by atoms with Crippen LogP contribution in [0.1, 0.15) is 11.1 Å². The van der Waals surface area contributed by atoms with E-state index in [9.17, 15) is 5.11 Å². The number of ether oxygens (including phenoxy) is 1. The number of aryl methyl sites for hydroxylation is 1. The zero-order valence-electron chi connectivity index (χ0n) is 8.99. The molecular formula is C12H17NO2. The molecule has 1 aliphatic heterocycles. The van der Waals surface area contributed by atoms with Crippen molar-refractivity contribution in [1.82, 2.24) is 5.32 Å². The predicted octanol–water partition coefficient (Wildman–Crippen LogP) is 0.846.